The van der Waals surface area contributed by atoms with E-state index in [1.165, 1.54) is 43.4 Å². The fourth-order valence-corrected chi connectivity index (χ4v) is 3.53. The van der Waals surface area contributed by atoms with Crippen LogP contribution in [0.25, 0.3) is 0 Å². The third-order valence-electron chi connectivity index (χ3n) is 4.13. The first kappa shape index (κ1) is 14.7. The Hall–Kier alpha value is -0.730. The van der Waals surface area contributed by atoms with E-state index >= 15 is 0 Å². The molecule has 0 atom stereocenters. The SMILES string of the molecule is CCN(c1c(Cl)cccc1CCN)C1CCCCC1. The first-order valence-electron chi connectivity index (χ1n) is 7.52. The summed E-state index contributed by atoms with van der Waals surface area (Å²) in [4.78, 5) is 2.51. The lowest BCUT2D eigenvalue weighted by Gasteiger charge is -2.37. The van der Waals surface area contributed by atoms with E-state index in [0.29, 0.717) is 12.6 Å². The normalized spacial score (nSPS) is 16.6. The highest BCUT2D eigenvalue weighted by Crippen LogP contribution is 2.35. The fourth-order valence-electron chi connectivity index (χ4n) is 3.23. The Morgan fingerprint density at radius 2 is 2.00 bits per heavy atom. The molecule has 0 unspecified atom stereocenters. The summed E-state index contributed by atoms with van der Waals surface area (Å²) in [6.45, 7) is 3.92. The number of benzene rings is 1. The molecular formula is C16H25ClN2. The van der Waals surface area contributed by atoms with Crippen LogP contribution in [0.5, 0.6) is 0 Å². The molecule has 2 rings (SSSR count). The fraction of sp³-hybridized carbons (Fsp3) is 0.625. The summed E-state index contributed by atoms with van der Waals surface area (Å²) in [6.07, 6.45) is 7.56. The molecule has 19 heavy (non-hydrogen) atoms. The molecule has 0 saturated heterocycles. The molecule has 0 aromatic heterocycles. The molecule has 1 fully saturated rings. The van der Waals surface area contributed by atoms with E-state index in [9.17, 15) is 0 Å². The van der Waals surface area contributed by atoms with Crippen molar-refractivity contribution in [3.63, 3.8) is 0 Å². The predicted molar refractivity (Wildman–Crippen MR) is 84.1 cm³/mol. The topological polar surface area (TPSA) is 29.3 Å². The maximum absolute atomic E-state index is 6.48. The van der Waals surface area contributed by atoms with Gasteiger partial charge in [-0.3, -0.25) is 0 Å². The lowest BCUT2D eigenvalue weighted by Crippen LogP contribution is -2.37. The van der Waals surface area contributed by atoms with Gasteiger partial charge in [0.2, 0.25) is 0 Å². The van der Waals surface area contributed by atoms with Gasteiger partial charge in [0.05, 0.1) is 10.7 Å². The molecule has 1 aliphatic rings. The summed E-state index contributed by atoms with van der Waals surface area (Å²) in [6, 6.07) is 6.85. The number of halogens is 1. The van der Waals surface area contributed by atoms with Gasteiger partial charge < -0.3 is 10.6 Å². The first-order valence-corrected chi connectivity index (χ1v) is 7.89. The van der Waals surface area contributed by atoms with Crippen LogP contribution >= 0.6 is 11.6 Å². The lowest BCUT2D eigenvalue weighted by atomic mass is 9.93. The van der Waals surface area contributed by atoms with Crippen LogP contribution in [0.1, 0.15) is 44.6 Å². The third-order valence-corrected chi connectivity index (χ3v) is 4.43. The summed E-state index contributed by atoms with van der Waals surface area (Å²) in [5.74, 6) is 0. The summed E-state index contributed by atoms with van der Waals surface area (Å²) in [5.41, 5.74) is 8.26. The second-order valence-corrected chi connectivity index (χ2v) is 5.77. The number of hydrogen-bond donors (Lipinski definition) is 1. The highest BCUT2D eigenvalue weighted by molar-refractivity contribution is 6.33. The molecule has 1 aliphatic carbocycles. The minimum atomic E-state index is 0.648. The van der Waals surface area contributed by atoms with E-state index in [-0.39, 0.29) is 0 Å². The van der Waals surface area contributed by atoms with Crippen molar-refractivity contribution in [2.75, 3.05) is 18.0 Å². The number of nitrogens with two attached hydrogens (primary N) is 1. The summed E-state index contributed by atoms with van der Waals surface area (Å²) in [7, 11) is 0. The molecule has 0 bridgehead atoms. The Bertz CT molecular complexity index is 400. The maximum atomic E-state index is 6.48. The molecule has 0 radical (unpaired) electrons. The van der Waals surface area contributed by atoms with Crippen LogP contribution in [0, 0.1) is 0 Å². The van der Waals surface area contributed by atoms with Crippen LogP contribution in [-0.4, -0.2) is 19.1 Å². The van der Waals surface area contributed by atoms with Gasteiger partial charge in [-0.2, -0.15) is 0 Å². The second kappa shape index (κ2) is 7.16. The van der Waals surface area contributed by atoms with E-state index in [4.69, 9.17) is 17.3 Å². The molecular weight excluding hydrogens is 256 g/mol. The Labute approximate surface area is 121 Å². The van der Waals surface area contributed by atoms with Crippen LogP contribution in [-0.2, 0) is 6.42 Å². The molecule has 0 amide bonds. The molecule has 0 aliphatic heterocycles. The van der Waals surface area contributed by atoms with Gasteiger partial charge in [-0.1, -0.05) is 43.0 Å². The van der Waals surface area contributed by atoms with Crippen molar-refractivity contribution in [2.24, 2.45) is 5.73 Å². The zero-order valence-electron chi connectivity index (χ0n) is 11.9. The van der Waals surface area contributed by atoms with E-state index in [1.54, 1.807) is 0 Å². The summed E-state index contributed by atoms with van der Waals surface area (Å²) < 4.78 is 0. The highest BCUT2D eigenvalue weighted by atomic mass is 35.5. The largest absolute Gasteiger partial charge is 0.367 e. The Morgan fingerprint density at radius 1 is 1.26 bits per heavy atom. The van der Waals surface area contributed by atoms with E-state index in [1.807, 2.05) is 12.1 Å². The van der Waals surface area contributed by atoms with Gasteiger partial charge in [0, 0.05) is 12.6 Å². The molecule has 1 aromatic carbocycles. The van der Waals surface area contributed by atoms with Crippen molar-refractivity contribution in [1.29, 1.82) is 0 Å². The van der Waals surface area contributed by atoms with Gasteiger partial charge in [-0.25, -0.2) is 0 Å². The Balaban J connectivity index is 2.30. The Morgan fingerprint density at radius 3 is 2.63 bits per heavy atom. The number of nitrogens with zero attached hydrogens (tertiary/aromatic N) is 1. The molecule has 2 N–H and O–H groups in total. The van der Waals surface area contributed by atoms with Gasteiger partial charge in [0.1, 0.15) is 0 Å². The Kier molecular flexibility index (Phi) is 5.53. The van der Waals surface area contributed by atoms with Crippen molar-refractivity contribution >= 4 is 17.3 Å². The monoisotopic (exact) mass is 280 g/mol. The zero-order valence-corrected chi connectivity index (χ0v) is 12.6. The zero-order chi connectivity index (χ0) is 13.7. The van der Waals surface area contributed by atoms with Gasteiger partial charge >= 0.3 is 0 Å². The standard InChI is InChI=1S/C16H25ClN2/c1-2-19(14-8-4-3-5-9-14)16-13(11-12-18)7-6-10-15(16)17/h6-7,10,14H,2-5,8-9,11-12,18H2,1H3. The van der Waals surface area contributed by atoms with Crippen LogP contribution < -0.4 is 10.6 Å². The van der Waals surface area contributed by atoms with Crippen LogP contribution in [0.3, 0.4) is 0 Å². The van der Waals surface area contributed by atoms with Gasteiger partial charge in [0.15, 0.2) is 0 Å². The van der Waals surface area contributed by atoms with Crippen molar-refractivity contribution in [1.82, 2.24) is 0 Å². The minimum absolute atomic E-state index is 0.648. The van der Waals surface area contributed by atoms with Crippen LogP contribution in [0.4, 0.5) is 5.69 Å². The first-order chi connectivity index (χ1) is 9.27. The molecule has 106 valence electrons. The van der Waals surface area contributed by atoms with Crippen LogP contribution in [0.2, 0.25) is 5.02 Å². The molecule has 0 spiro atoms. The molecule has 3 heteroatoms. The molecule has 0 heterocycles. The van der Waals surface area contributed by atoms with Crippen molar-refractivity contribution < 1.29 is 0 Å². The van der Waals surface area contributed by atoms with E-state index in [0.717, 1.165) is 18.0 Å². The number of anilines is 1. The van der Waals surface area contributed by atoms with Crippen LogP contribution in [0.15, 0.2) is 18.2 Å². The number of hydrogen-bond acceptors (Lipinski definition) is 2. The van der Waals surface area contributed by atoms with Crippen molar-refractivity contribution in [3.8, 4) is 0 Å². The summed E-state index contributed by atoms with van der Waals surface area (Å²) >= 11 is 6.48. The third kappa shape index (κ3) is 3.43. The maximum Gasteiger partial charge on any atom is 0.0642 e. The minimum Gasteiger partial charge on any atom is -0.367 e. The van der Waals surface area contributed by atoms with Gasteiger partial charge in [0.25, 0.3) is 0 Å². The summed E-state index contributed by atoms with van der Waals surface area (Å²) in [5, 5.41) is 0.873. The number of rotatable bonds is 5. The van der Waals surface area contributed by atoms with E-state index in [2.05, 4.69) is 17.9 Å². The van der Waals surface area contributed by atoms with Crippen molar-refractivity contribution in [2.45, 2.75) is 51.5 Å². The average Bonchev–Trinajstić information content (AvgIpc) is 2.44. The lowest BCUT2D eigenvalue weighted by molar-refractivity contribution is 0.417. The van der Waals surface area contributed by atoms with Crippen molar-refractivity contribution in [3.05, 3.63) is 28.8 Å². The molecule has 1 saturated carbocycles. The second-order valence-electron chi connectivity index (χ2n) is 5.36. The predicted octanol–water partition coefficient (Wildman–Crippen LogP) is 4.00. The molecule has 2 nitrogen and oxygen atoms in total. The quantitative estimate of drug-likeness (QED) is 0.883. The highest BCUT2D eigenvalue weighted by Gasteiger charge is 2.23. The average molecular weight is 281 g/mol. The smallest absolute Gasteiger partial charge is 0.0642 e. The number of para-hydroxylation sites is 1. The van der Waals surface area contributed by atoms with E-state index < -0.39 is 0 Å². The molecule has 1 aromatic rings. The van der Waals surface area contributed by atoms with Gasteiger partial charge in [-0.15, -0.1) is 0 Å². The van der Waals surface area contributed by atoms with Gasteiger partial charge in [-0.05, 0) is 44.4 Å².